The molecular weight excluding hydrogens is 244 g/mol. The number of hydrogen-bond acceptors (Lipinski definition) is 4. The second kappa shape index (κ2) is 8.91. The summed E-state index contributed by atoms with van der Waals surface area (Å²) in [6, 6.07) is -0.589. The first kappa shape index (κ1) is 16.0. The molecule has 1 amide bonds. The lowest BCUT2D eigenvalue weighted by Gasteiger charge is -2.16. The highest BCUT2D eigenvalue weighted by molar-refractivity contribution is 5.83. The zero-order chi connectivity index (χ0) is 14.1. The van der Waals surface area contributed by atoms with Crippen LogP contribution in [0.2, 0.25) is 0 Å². The Hall–Kier alpha value is -1.10. The lowest BCUT2D eigenvalue weighted by molar-refractivity contribution is -0.144. The largest absolute Gasteiger partial charge is 0.467 e. The molecule has 0 aromatic carbocycles. The van der Waals surface area contributed by atoms with Crippen molar-refractivity contribution in [2.45, 2.75) is 51.5 Å². The number of nitrogens with one attached hydrogen (secondary N) is 2. The van der Waals surface area contributed by atoms with Crippen LogP contribution in [0.3, 0.4) is 0 Å². The van der Waals surface area contributed by atoms with Gasteiger partial charge >= 0.3 is 5.97 Å². The maximum absolute atomic E-state index is 11.4. The highest BCUT2D eigenvalue weighted by Crippen LogP contribution is 2.28. The van der Waals surface area contributed by atoms with E-state index in [1.807, 2.05) is 0 Å². The molecule has 0 aromatic rings. The van der Waals surface area contributed by atoms with E-state index in [-0.39, 0.29) is 5.91 Å². The lowest BCUT2D eigenvalue weighted by atomic mass is 10.0. The second-order valence-electron chi connectivity index (χ2n) is 5.27. The summed E-state index contributed by atoms with van der Waals surface area (Å²) < 4.78 is 4.66. The van der Waals surface area contributed by atoms with Gasteiger partial charge in [0, 0.05) is 13.5 Å². The molecule has 5 nitrogen and oxygen atoms in total. The predicted octanol–water partition coefficient (Wildman–Crippen LogP) is 1.22. The van der Waals surface area contributed by atoms with Crippen molar-refractivity contribution >= 4 is 11.9 Å². The minimum Gasteiger partial charge on any atom is -0.467 e. The maximum atomic E-state index is 11.4. The van der Waals surface area contributed by atoms with Crippen molar-refractivity contribution in [2.24, 2.45) is 5.92 Å². The number of carbonyl (C=O) groups is 2. The second-order valence-corrected chi connectivity index (χ2v) is 5.27. The molecule has 0 saturated heterocycles. The number of carbonyl (C=O) groups excluding carboxylic acids is 2. The van der Waals surface area contributed by atoms with Crippen molar-refractivity contribution < 1.29 is 14.3 Å². The fraction of sp³-hybridized carbons (Fsp3) is 0.857. The Morgan fingerprint density at radius 2 is 2.00 bits per heavy atom. The molecule has 110 valence electrons. The van der Waals surface area contributed by atoms with E-state index in [4.69, 9.17) is 0 Å². The van der Waals surface area contributed by atoms with Gasteiger partial charge in [0.2, 0.25) is 5.91 Å². The summed E-state index contributed by atoms with van der Waals surface area (Å²) in [4.78, 5) is 22.4. The molecule has 0 heterocycles. The van der Waals surface area contributed by atoms with Crippen molar-refractivity contribution in [3.63, 3.8) is 0 Å². The molecule has 1 atom stereocenters. The number of esters is 1. The van der Waals surface area contributed by atoms with Gasteiger partial charge in [-0.05, 0) is 25.3 Å². The Bertz CT molecular complexity index is 288. The smallest absolute Gasteiger partial charge is 0.329 e. The first-order valence-corrected chi connectivity index (χ1v) is 7.19. The zero-order valence-electron chi connectivity index (χ0n) is 12.0. The van der Waals surface area contributed by atoms with Crippen LogP contribution < -0.4 is 10.6 Å². The molecule has 19 heavy (non-hydrogen) atoms. The zero-order valence-corrected chi connectivity index (χ0v) is 12.0. The maximum Gasteiger partial charge on any atom is 0.329 e. The van der Waals surface area contributed by atoms with Crippen molar-refractivity contribution in [1.82, 2.24) is 10.6 Å². The number of amides is 1. The van der Waals surface area contributed by atoms with Crippen LogP contribution in [0, 0.1) is 5.92 Å². The Balaban J connectivity index is 2.12. The standard InChI is InChI=1S/C14H26N2O3/c1-11(17)16-13(14(18)19-2)10-15-9-5-8-12-6-3-4-7-12/h12-13,15H,3-10H2,1-2H3,(H,16,17). The number of rotatable bonds is 8. The van der Waals surface area contributed by atoms with Gasteiger partial charge in [0.25, 0.3) is 0 Å². The molecule has 1 unspecified atom stereocenters. The molecule has 0 bridgehead atoms. The van der Waals surface area contributed by atoms with E-state index in [0.717, 1.165) is 18.9 Å². The first-order valence-electron chi connectivity index (χ1n) is 7.19. The molecular formula is C14H26N2O3. The van der Waals surface area contributed by atoms with Crippen molar-refractivity contribution in [2.75, 3.05) is 20.2 Å². The van der Waals surface area contributed by atoms with E-state index in [2.05, 4.69) is 15.4 Å². The van der Waals surface area contributed by atoms with Crippen LogP contribution in [0.5, 0.6) is 0 Å². The van der Waals surface area contributed by atoms with Crippen LogP contribution in [0.4, 0.5) is 0 Å². The SMILES string of the molecule is COC(=O)C(CNCCCC1CCCC1)NC(C)=O. The summed E-state index contributed by atoms with van der Waals surface area (Å²) in [6.45, 7) is 2.70. The lowest BCUT2D eigenvalue weighted by Crippen LogP contribution is -2.47. The highest BCUT2D eigenvalue weighted by Gasteiger charge is 2.19. The average Bonchev–Trinajstić information content (AvgIpc) is 2.88. The van der Waals surface area contributed by atoms with Gasteiger partial charge in [-0.15, -0.1) is 0 Å². The molecule has 1 rings (SSSR count). The molecule has 0 aromatic heterocycles. The molecule has 1 aliphatic rings. The van der Waals surface area contributed by atoms with E-state index in [9.17, 15) is 9.59 Å². The minimum atomic E-state index is -0.589. The summed E-state index contributed by atoms with van der Waals surface area (Å²) in [7, 11) is 1.33. The van der Waals surface area contributed by atoms with Crippen LogP contribution >= 0.6 is 0 Å². The van der Waals surface area contributed by atoms with Gasteiger partial charge in [-0.25, -0.2) is 4.79 Å². The van der Waals surface area contributed by atoms with Gasteiger partial charge in [-0.1, -0.05) is 25.7 Å². The molecule has 1 fully saturated rings. The fourth-order valence-electron chi connectivity index (χ4n) is 2.64. The van der Waals surface area contributed by atoms with Gasteiger partial charge < -0.3 is 15.4 Å². The normalized spacial score (nSPS) is 17.2. The third-order valence-electron chi connectivity index (χ3n) is 3.65. The van der Waals surface area contributed by atoms with Gasteiger partial charge in [-0.2, -0.15) is 0 Å². The van der Waals surface area contributed by atoms with Gasteiger partial charge in [0.1, 0.15) is 6.04 Å². The van der Waals surface area contributed by atoms with Crippen molar-refractivity contribution in [1.29, 1.82) is 0 Å². The monoisotopic (exact) mass is 270 g/mol. The van der Waals surface area contributed by atoms with Crippen LogP contribution in [-0.4, -0.2) is 38.1 Å². The van der Waals surface area contributed by atoms with Crippen LogP contribution in [0.15, 0.2) is 0 Å². The highest BCUT2D eigenvalue weighted by atomic mass is 16.5. The topological polar surface area (TPSA) is 67.4 Å². The van der Waals surface area contributed by atoms with Crippen LogP contribution in [-0.2, 0) is 14.3 Å². The Morgan fingerprint density at radius 1 is 1.32 bits per heavy atom. The van der Waals surface area contributed by atoms with Crippen molar-refractivity contribution in [3.8, 4) is 0 Å². The summed E-state index contributed by atoms with van der Waals surface area (Å²) >= 11 is 0. The number of ether oxygens (including phenoxy) is 1. The Labute approximate surface area is 115 Å². The summed E-state index contributed by atoms with van der Waals surface area (Å²) in [5.41, 5.74) is 0. The molecule has 1 aliphatic carbocycles. The summed E-state index contributed by atoms with van der Waals surface area (Å²) in [5.74, 6) is 0.273. The molecule has 2 N–H and O–H groups in total. The van der Waals surface area contributed by atoms with Gasteiger partial charge in [-0.3, -0.25) is 4.79 Å². The van der Waals surface area contributed by atoms with E-state index in [1.165, 1.54) is 46.1 Å². The molecule has 0 spiro atoms. The first-order chi connectivity index (χ1) is 9.13. The summed E-state index contributed by atoms with van der Waals surface area (Å²) in [5, 5.41) is 5.80. The van der Waals surface area contributed by atoms with Gasteiger partial charge in [0.15, 0.2) is 0 Å². The third-order valence-corrected chi connectivity index (χ3v) is 3.65. The van der Waals surface area contributed by atoms with Gasteiger partial charge in [0.05, 0.1) is 7.11 Å². The molecule has 0 radical (unpaired) electrons. The molecule has 5 heteroatoms. The van der Waals surface area contributed by atoms with Crippen LogP contribution in [0.1, 0.15) is 45.4 Å². The molecule has 1 saturated carbocycles. The Kier molecular flexibility index (Phi) is 7.48. The fourth-order valence-corrected chi connectivity index (χ4v) is 2.64. The summed E-state index contributed by atoms with van der Waals surface area (Å²) in [6.07, 6.45) is 7.89. The molecule has 0 aliphatic heterocycles. The Morgan fingerprint density at radius 3 is 2.58 bits per heavy atom. The third kappa shape index (κ3) is 6.57. The van der Waals surface area contributed by atoms with E-state index < -0.39 is 12.0 Å². The minimum absolute atomic E-state index is 0.219. The number of methoxy groups -OCH3 is 1. The van der Waals surface area contributed by atoms with Crippen molar-refractivity contribution in [3.05, 3.63) is 0 Å². The quantitative estimate of drug-likeness (QED) is 0.514. The van der Waals surface area contributed by atoms with Crippen LogP contribution in [0.25, 0.3) is 0 Å². The van der Waals surface area contributed by atoms with E-state index in [0.29, 0.717) is 6.54 Å². The number of hydrogen-bond donors (Lipinski definition) is 2. The van der Waals surface area contributed by atoms with E-state index in [1.54, 1.807) is 0 Å². The average molecular weight is 270 g/mol. The predicted molar refractivity (Wildman–Crippen MR) is 73.7 cm³/mol. The van der Waals surface area contributed by atoms with E-state index >= 15 is 0 Å².